The van der Waals surface area contributed by atoms with E-state index in [0.29, 0.717) is 5.56 Å². The molecule has 6 heteroatoms. The van der Waals surface area contributed by atoms with Crippen LogP contribution in [0.4, 0.5) is 5.69 Å². The molecule has 2 rings (SSSR count). The maximum Gasteiger partial charge on any atom is 0.255 e. The number of sulfonamides is 1. The van der Waals surface area contributed by atoms with Crippen LogP contribution in [0.3, 0.4) is 0 Å². The van der Waals surface area contributed by atoms with Crippen molar-refractivity contribution in [3.63, 3.8) is 0 Å². The Bertz CT molecular complexity index is 797. The summed E-state index contributed by atoms with van der Waals surface area (Å²) in [4.78, 5) is 12.4. The van der Waals surface area contributed by atoms with E-state index in [-0.39, 0.29) is 10.8 Å². The summed E-state index contributed by atoms with van der Waals surface area (Å²) in [5.74, 6) is -0.276. The van der Waals surface area contributed by atoms with Gasteiger partial charge in [0.1, 0.15) is 0 Å². The maximum atomic E-state index is 12.2. The summed E-state index contributed by atoms with van der Waals surface area (Å²) in [6.45, 7) is 3.91. The largest absolute Gasteiger partial charge is 0.322 e. The van der Waals surface area contributed by atoms with Gasteiger partial charge in [-0.15, -0.1) is 0 Å². The van der Waals surface area contributed by atoms with Gasteiger partial charge in [-0.25, -0.2) is 13.1 Å². The average molecular weight is 318 g/mol. The van der Waals surface area contributed by atoms with Gasteiger partial charge in [-0.2, -0.15) is 0 Å². The minimum absolute atomic E-state index is 0.123. The lowest BCUT2D eigenvalue weighted by Crippen LogP contribution is -2.19. The minimum Gasteiger partial charge on any atom is -0.322 e. The number of hydrogen-bond acceptors (Lipinski definition) is 3. The highest BCUT2D eigenvalue weighted by Gasteiger charge is 2.13. The number of amides is 1. The number of benzene rings is 2. The quantitative estimate of drug-likeness (QED) is 0.909. The van der Waals surface area contributed by atoms with Gasteiger partial charge >= 0.3 is 0 Å². The molecule has 2 aromatic rings. The zero-order chi connectivity index (χ0) is 16.3. The number of carbonyl (C=O) groups excluding carboxylic acids is 1. The molecular formula is C16H18N2O3S. The molecule has 0 fully saturated rings. The molecule has 116 valence electrons. The van der Waals surface area contributed by atoms with E-state index < -0.39 is 10.0 Å². The van der Waals surface area contributed by atoms with Crippen LogP contribution in [0.1, 0.15) is 21.5 Å². The van der Waals surface area contributed by atoms with Crippen LogP contribution in [0.25, 0.3) is 0 Å². The third-order valence-corrected chi connectivity index (χ3v) is 4.98. The van der Waals surface area contributed by atoms with Crippen LogP contribution in [-0.4, -0.2) is 21.4 Å². The summed E-state index contributed by atoms with van der Waals surface area (Å²) in [6.07, 6.45) is 0. The van der Waals surface area contributed by atoms with Crippen LogP contribution in [0.2, 0.25) is 0 Å². The van der Waals surface area contributed by atoms with Gasteiger partial charge in [-0.3, -0.25) is 4.79 Å². The summed E-state index contributed by atoms with van der Waals surface area (Å²) in [5, 5.41) is 2.84. The predicted octanol–water partition coefficient (Wildman–Crippen LogP) is 2.46. The lowest BCUT2D eigenvalue weighted by atomic mass is 10.1. The van der Waals surface area contributed by atoms with Crippen molar-refractivity contribution in [2.45, 2.75) is 18.7 Å². The van der Waals surface area contributed by atoms with Crippen LogP contribution in [-0.2, 0) is 10.0 Å². The standard InChI is InChI=1S/C16H18N2O3S/c1-11-5-4-6-15(12(11)2)18-16(19)13-7-9-14(10-8-13)22(20,21)17-3/h4-10,17H,1-3H3,(H,18,19). The molecule has 0 saturated carbocycles. The molecule has 2 N–H and O–H groups in total. The highest BCUT2D eigenvalue weighted by molar-refractivity contribution is 7.89. The first kappa shape index (κ1) is 16.2. The van der Waals surface area contributed by atoms with Crippen LogP contribution >= 0.6 is 0 Å². The van der Waals surface area contributed by atoms with E-state index in [1.807, 2.05) is 32.0 Å². The van der Waals surface area contributed by atoms with Gasteiger partial charge in [-0.05, 0) is 62.4 Å². The first-order chi connectivity index (χ1) is 10.3. The second-order valence-corrected chi connectivity index (χ2v) is 6.82. The fraction of sp³-hybridized carbons (Fsp3) is 0.188. The van der Waals surface area contributed by atoms with Crippen molar-refractivity contribution < 1.29 is 13.2 Å². The van der Waals surface area contributed by atoms with Crippen LogP contribution in [0.5, 0.6) is 0 Å². The van der Waals surface area contributed by atoms with Crippen LogP contribution in [0.15, 0.2) is 47.4 Å². The van der Waals surface area contributed by atoms with Crippen molar-refractivity contribution >= 4 is 21.6 Å². The molecule has 0 aromatic heterocycles. The van der Waals surface area contributed by atoms with Crippen LogP contribution < -0.4 is 10.0 Å². The number of nitrogens with one attached hydrogen (secondary N) is 2. The molecular weight excluding hydrogens is 300 g/mol. The normalized spacial score (nSPS) is 11.2. The Kier molecular flexibility index (Phi) is 4.63. The summed E-state index contributed by atoms with van der Waals surface area (Å²) in [6, 6.07) is 11.5. The molecule has 22 heavy (non-hydrogen) atoms. The molecule has 0 aliphatic carbocycles. The van der Waals surface area contributed by atoms with Gasteiger partial charge in [0.2, 0.25) is 10.0 Å². The lowest BCUT2D eigenvalue weighted by molar-refractivity contribution is 0.102. The zero-order valence-corrected chi connectivity index (χ0v) is 13.5. The van der Waals surface area contributed by atoms with E-state index in [9.17, 15) is 13.2 Å². The SMILES string of the molecule is CNS(=O)(=O)c1ccc(C(=O)Nc2cccc(C)c2C)cc1. The number of carbonyl (C=O) groups is 1. The van der Waals surface area contributed by atoms with Crippen molar-refractivity contribution in [3.05, 3.63) is 59.2 Å². The Balaban J connectivity index is 2.22. The minimum atomic E-state index is -3.49. The molecule has 0 spiro atoms. The Hall–Kier alpha value is -2.18. The van der Waals surface area contributed by atoms with E-state index >= 15 is 0 Å². The molecule has 5 nitrogen and oxygen atoms in total. The fourth-order valence-electron chi connectivity index (χ4n) is 1.98. The first-order valence-corrected chi connectivity index (χ1v) is 8.24. The van der Waals surface area contributed by atoms with Gasteiger partial charge in [0.05, 0.1) is 4.90 Å². The molecule has 0 aliphatic rings. The molecule has 0 atom stereocenters. The third-order valence-electron chi connectivity index (χ3n) is 3.55. The zero-order valence-electron chi connectivity index (χ0n) is 12.7. The van der Waals surface area contributed by atoms with E-state index in [4.69, 9.17) is 0 Å². The number of aryl methyl sites for hydroxylation is 1. The summed E-state index contributed by atoms with van der Waals surface area (Å²) >= 11 is 0. The lowest BCUT2D eigenvalue weighted by Gasteiger charge is -2.10. The monoisotopic (exact) mass is 318 g/mol. The van der Waals surface area contributed by atoms with E-state index in [1.165, 1.54) is 31.3 Å². The number of rotatable bonds is 4. The van der Waals surface area contributed by atoms with Crippen molar-refractivity contribution in [1.82, 2.24) is 4.72 Å². The van der Waals surface area contributed by atoms with E-state index in [0.717, 1.165) is 16.8 Å². The third kappa shape index (κ3) is 3.35. The topological polar surface area (TPSA) is 75.3 Å². The Morgan fingerprint density at radius 1 is 1.00 bits per heavy atom. The maximum absolute atomic E-state index is 12.2. The molecule has 0 heterocycles. The number of hydrogen-bond donors (Lipinski definition) is 2. The van der Waals surface area contributed by atoms with Crippen molar-refractivity contribution in [2.75, 3.05) is 12.4 Å². The summed E-state index contributed by atoms with van der Waals surface area (Å²) < 4.78 is 25.5. The van der Waals surface area contributed by atoms with Crippen LogP contribution in [0, 0.1) is 13.8 Å². The van der Waals surface area contributed by atoms with Gasteiger partial charge < -0.3 is 5.32 Å². The number of anilines is 1. The first-order valence-electron chi connectivity index (χ1n) is 6.76. The van der Waals surface area contributed by atoms with Gasteiger partial charge in [0, 0.05) is 11.3 Å². The van der Waals surface area contributed by atoms with Gasteiger partial charge in [0.15, 0.2) is 0 Å². The predicted molar refractivity (Wildman–Crippen MR) is 86.6 cm³/mol. The van der Waals surface area contributed by atoms with Gasteiger partial charge in [0.25, 0.3) is 5.91 Å². The van der Waals surface area contributed by atoms with Crippen molar-refractivity contribution in [1.29, 1.82) is 0 Å². The summed E-state index contributed by atoms with van der Waals surface area (Å²) in [7, 11) is -2.15. The molecule has 2 aromatic carbocycles. The second kappa shape index (κ2) is 6.29. The highest BCUT2D eigenvalue weighted by atomic mass is 32.2. The molecule has 0 aliphatic heterocycles. The average Bonchev–Trinajstić information content (AvgIpc) is 2.52. The Labute approximate surface area is 130 Å². The Morgan fingerprint density at radius 3 is 2.23 bits per heavy atom. The summed E-state index contributed by atoms with van der Waals surface area (Å²) in [5.41, 5.74) is 3.24. The van der Waals surface area contributed by atoms with Crippen molar-refractivity contribution in [2.24, 2.45) is 0 Å². The fourth-order valence-corrected chi connectivity index (χ4v) is 2.71. The molecule has 0 bridgehead atoms. The second-order valence-electron chi connectivity index (χ2n) is 4.93. The molecule has 0 unspecified atom stereocenters. The van der Waals surface area contributed by atoms with E-state index in [2.05, 4.69) is 10.0 Å². The van der Waals surface area contributed by atoms with Crippen molar-refractivity contribution in [3.8, 4) is 0 Å². The molecule has 0 radical (unpaired) electrons. The van der Waals surface area contributed by atoms with E-state index in [1.54, 1.807) is 0 Å². The highest BCUT2D eigenvalue weighted by Crippen LogP contribution is 2.19. The smallest absolute Gasteiger partial charge is 0.255 e. The molecule has 1 amide bonds. The Morgan fingerprint density at radius 2 is 1.64 bits per heavy atom. The molecule has 0 saturated heterocycles. The van der Waals surface area contributed by atoms with Gasteiger partial charge in [-0.1, -0.05) is 12.1 Å².